The Bertz CT molecular complexity index is 599. The Hall–Kier alpha value is -1.82. The molecule has 2 aromatic heterocycles. The van der Waals surface area contributed by atoms with Crippen molar-refractivity contribution in [3.63, 3.8) is 0 Å². The number of carbonyl (C=O) groups excluding carboxylic acids is 1. The van der Waals surface area contributed by atoms with E-state index in [0.29, 0.717) is 23.5 Å². The number of hydrogen-bond acceptors (Lipinski definition) is 4. The molecule has 3 rings (SSSR count). The lowest BCUT2D eigenvalue weighted by molar-refractivity contribution is 0.0739. The molecule has 0 aromatic carbocycles. The van der Waals surface area contributed by atoms with E-state index in [0.717, 1.165) is 12.2 Å². The third-order valence-corrected chi connectivity index (χ3v) is 3.59. The van der Waals surface area contributed by atoms with Crippen LogP contribution in [0, 0.1) is 0 Å². The number of ether oxygens (including phenoxy) is 1. The SMILES string of the molecule is O=C(c1ccc(Br)o1)N1CC[C@H](Oc2ccncc2)C1. The van der Waals surface area contributed by atoms with Gasteiger partial charge in [-0.1, -0.05) is 0 Å². The van der Waals surface area contributed by atoms with Gasteiger partial charge in [-0.2, -0.15) is 0 Å². The van der Waals surface area contributed by atoms with E-state index >= 15 is 0 Å². The van der Waals surface area contributed by atoms with Gasteiger partial charge in [0.05, 0.1) is 6.54 Å². The molecule has 0 bridgehead atoms. The number of amides is 1. The smallest absolute Gasteiger partial charge is 0.289 e. The Kier molecular flexibility index (Phi) is 3.73. The summed E-state index contributed by atoms with van der Waals surface area (Å²) in [7, 11) is 0. The van der Waals surface area contributed by atoms with Crippen molar-refractivity contribution in [1.82, 2.24) is 9.88 Å². The Morgan fingerprint density at radius 3 is 2.85 bits per heavy atom. The largest absolute Gasteiger partial charge is 0.488 e. The van der Waals surface area contributed by atoms with Crippen molar-refractivity contribution in [3.8, 4) is 5.75 Å². The lowest BCUT2D eigenvalue weighted by Crippen LogP contribution is -2.30. The van der Waals surface area contributed by atoms with Gasteiger partial charge in [0.25, 0.3) is 5.91 Å². The van der Waals surface area contributed by atoms with Crippen LogP contribution in [0.1, 0.15) is 17.0 Å². The molecule has 1 atom stereocenters. The summed E-state index contributed by atoms with van der Waals surface area (Å²) >= 11 is 3.20. The molecule has 1 aliphatic heterocycles. The van der Waals surface area contributed by atoms with Crippen molar-refractivity contribution in [2.45, 2.75) is 12.5 Å². The molecule has 6 heteroatoms. The van der Waals surface area contributed by atoms with Crippen LogP contribution in [0.5, 0.6) is 5.75 Å². The summed E-state index contributed by atoms with van der Waals surface area (Å²) in [5.74, 6) is 1.03. The topological polar surface area (TPSA) is 55.6 Å². The van der Waals surface area contributed by atoms with E-state index in [4.69, 9.17) is 9.15 Å². The van der Waals surface area contributed by atoms with Crippen LogP contribution in [0.3, 0.4) is 0 Å². The summed E-state index contributed by atoms with van der Waals surface area (Å²) in [5.41, 5.74) is 0. The molecule has 0 saturated carbocycles. The van der Waals surface area contributed by atoms with E-state index in [-0.39, 0.29) is 12.0 Å². The van der Waals surface area contributed by atoms with Crippen LogP contribution >= 0.6 is 15.9 Å². The third-order valence-electron chi connectivity index (χ3n) is 3.17. The fourth-order valence-electron chi connectivity index (χ4n) is 2.20. The monoisotopic (exact) mass is 336 g/mol. The minimum atomic E-state index is -0.100. The number of pyridine rings is 1. The third kappa shape index (κ3) is 2.85. The highest BCUT2D eigenvalue weighted by Crippen LogP contribution is 2.21. The minimum Gasteiger partial charge on any atom is -0.488 e. The molecule has 0 unspecified atom stereocenters. The van der Waals surface area contributed by atoms with Crippen molar-refractivity contribution >= 4 is 21.8 Å². The highest BCUT2D eigenvalue weighted by Gasteiger charge is 2.29. The average molecular weight is 337 g/mol. The Morgan fingerprint density at radius 1 is 1.35 bits per heavy atom. The summed E-state index contributed by atoms with van der Waals surface area (Å²) in [6.45, 7) is 1.24. The molecule has 0 spiro atoms. The fourth-order valence-corrected chi connectivity index (χ4v) is 2.51. The number of hydrogen-bond donors (Lipinski definition) is 0. The molecule has 20 heavy (non-hydrogen) atoms. The van der Waals surface area contributed by atoms with Crippen LogP contribution in [-0.2, 0) is 0 Å². The second-order valence-electron chi connectivity index (χ2n) is 4.57. The van der Waals surface area contributed by atoms with E-state index < -0.39 is 0 Å². The van der Waals surface area contributed by atoms with Crippen LogP contribution in [0.25, 0.3) is 0 Å². The van der Waals surface area contributed by atoms with Crippen molar-refractivity contribution in [2.24, 2.45) is 0 Å². The van der Waals surface area contributed by atoms with E-state index in [1.807, 2.05) is 12.1 Å². The lowest BCUT2D eigenvalue weighted by atomic mass is 10.3. The van der Waals surface area contributed by atoms with Gasteiger partial charge in [-0.25, -0.2) is 0 Å². The summed E-state index contributed by atoms with van der Waals surface area (Å²) in [6.07, 6.45) is 4.21. The number of carbonyl (C=O) groups is 1. The second-order valence-corrected chi connectivity index (χ2v) is 5.35. The van der Waals surface area contributed by atoms with Gasteiger partial charge in [-0.3, -0.25) is 9.78 Å². The standard InChI is InChI=1S/C14H13BrN2O3/c15-13-2-1-12(20-13)14(18)17-8-5-11(9-17)19-10-3-6-16-7-4-10/h1-4,6-7,11H,5,8-9H2/t11-/m0/s1. The van der Waals surface area contributed by atoms with Gasteiger partial charge >= 0.3 is 0 Å². The van der Waals surface area contributed by atoms with Gasteiger partial charge in [-0.05, 0) is 40.2 Å². The van der Waals surface area contributed by atoms with Crippen molar-refractivity contribution in [1.29, 1.82) is 0 Å². The van der Waals surface area contributed by atoms with E-state index in [9.17, 15) is 4.79 Å². The van der Waals surface area contributed by atoms with Gasteiger partial charge in [0.1, 0.15) is 11.9 Å². The van der Waals surface area contributed by atoms with Crippen LogP contribution in [-0.4, -0.2) is 35.0 Å². The Labute approximate surface area is 124 Å². The lowest BCUT2D eigenvalue weighted by Gasteiger charge is -2.16. The van der Waals surface area contributed by atoms with E-state index in [1.165, 1.54) is 0 Å². The van der Waals surface area contributed by atoms with Crippen LogP contribution in [0.2, 0.25) is 0 Å². The zero-order chi connectivity index (χ0) is 13.9. The first kappa shape index (κ1) is 13.2. The molecule has 0 N–H and O–H groups in total. The molecule has 1 saturated heterocycles. The predicted octanol–water partition coefficient (Wildman–Crippen LogP) is 2.73. The van der Waals surface area contributed by atoms with Gasteiger partial charge in [0.15, 0.2) is 10.4 Å². The fraction of sp³-hybridized carbons (Fsp3) is 0.286. The number of halogens is 1. The maximum atomic E-state index is 12.2. The molecule has 104 valence electrons. The molecule has 1 aliphatic rings. The summed E-state index contributed by atoms with van der Waals surface area (Å²) in [6, 6.07) is 7.01. The molecule has 1 amide bonds. The molecular formula is C14H13BrN2O3. The first-order chi connectivity index (χ1) is 9.72. The maximum absolute atomic E-state index is 12.2. The summed E-state index contributed by atoms with van der Waals surface area (Å²) in [4.78, 5) is 17.9. The maximum Gasteiger partial charge on any atom is 0.289 e. The molecule has 0 aliphatic carbocycles. The minimum absolute atomic E-state index is 0.0137. The zero-order valence-corrected chi connectivity index (χ0v) is 12.2. The average Bonchev–Trinajstić information content (AvgIpc) is 3.08. The normalized spacial score (nSPS) is 18.2. The van der Waals surface area contributed by atoms with Crippen molar-refractivity contribution < 1.29 is 13.9 Å². The van der Waals surface area contributed by atoms with Crippen LogP contribution < -0.4 is 4.74 Å². The predicted molar refractivity (Wildman–Crippen MR) is 75.6 cm³/mol. The summed E-state index contributed by atoms with van der Waals surface area (Å²) in [5, 5.41) is 0. The number of furan rings is 1. The van der Waals surface area contributed by atoms with Crippen LogP contribution in [0.4, 0.5) is 0 Å². The Morgan fingerprint density at radius 2 is 2.15 bits per heavy atom. The molecule has 5 nitrogen and oxygen atoms in total. The van der Waals surface area contributed by atoms with E-state index in [2.05, 4.69) is 20.9 Å². The molecule has 0 radical (unpaired) electrons. The van der Waals surface area contributed by atoms with E-state index in [1.54, 1.807) is 29.4 Å². The van der Waals surface area contributed by atoms with Crippen LogP contribution in [0.15, 0.2) is 45.7 Å². The molecule has 2 aromatic rings. The number of aromatic nitrogens is 1. The molecule has 1 fully saturated rings. The second kappa shape index (κ2) is 5.66. The number of nitrogens with zero attached hydrogens (tertiary/aromatic N) is 2. The molecular weight excluding hydrogens is 324 g/mol. The molecule has 3 heterocycles. The number of likely N-dealkylation sites (tertiary alicyclic amines) is 1. The quantitative estimate of drug-likeness (QED) is 0.864. The zero-order valence-electron chi connectivity index (χ0n) is 10.7. The Balaban J connectivity index is 1.61. The van der Waals surface area contributed by atoms with Gasteiger partial charge in [0.2, 0.25) is 0 Å². The highest BCUT2D eigenvalue weighted by molar-refractivity contribution is 9.10. The number of rotatable bonds is 3. The van der Waals surface area contributed by atoms with Gasteiger partial charge in [-0.15, -0.1) is 0 Å². The first-order valence-corrected chi connectivity index (χ1v) is 7.13. The van der Waals surface area contributed by atoms with Crippen molar-refractivity contribution in [3.05, 3.63) is 47.1 Å². The van der Waals surface area contributed by atoms with Crippen molar-refractivity contribution in [2.75, 3.05) is 13.1 Å². The summed E-state index contributed by atoms with van der Waals surface area (Å²) < 4.78 is 11.7. The highest BCUT2D eigenvalue weighted by atomic mass is 79.9. The van der Waals surface area contributed by atoms with Gasteiger partial charge in [0, 0.05) is 25.4 Å². The van der Waals surface area contributed by atoms with Gasteiger partial charge < -0.3 is 14.1 Å². The first-order valence-electron chi connectivity index (χ1n) is 6.33.